The van der Waals surface area contributed by atoms with Gasteiger partial charge in [-0.3, -0.25) is 0 Å². The lowest BCUT2D eigenvalue weighted by atomic mass is 9.92. The van der Waals surface area contributed by atoms with Gasteiger partial charge in [0.1, 0.15) is 0 Å². The summed E-state index contributed by atoms with van der Waals surface area (Å²) in [6.07, 6.45) is -3.51. The highest BCUT2D eigenvalue weighted by Crippen LogP contribution is 2.38. The normalized spacial score (nSPS) is 20.2. The number of benzene rings is 1. The second kappa shape index (κ2) is 4.80. The van der Waals surface area contributed by atoms with Crippen LogP contribution in [0, 0.1) is 0 Å². The molecule has 1 saturated heterocycles. The molecule has 100 valence electrons. The monoisotopic (exact) mass is 258 g/mol. The van der Waals surface area contributed by atoms with Crippen LogP contribution in [0.3, 0.4) is 0 Å². The van der Waals surface area contributed by atoms with E-state index in [1.54, 1.807) is 6.07 Å². The van der Waals surface area contributed by atoms with E-state index in [0.29, 0.717) is 12.1 Å². The molecule has 0 radical (unpaired) electrons. The van der Waals surface area contributed by atoms with Crippen LogP contribution in [0.15, 0.2) is 18.2 Å². The van der Waals surface area contributed by atoms with E-state index in [4.69, 9.17) is 0 Å². The van der Waals surface area contributed by atoms with E-state index in [0.717, 1.165) is 18.7 Å². The van der Waals surface area contributed by atoms with Crippen molar-refractivity contribution in [3.8, 4) is 0 Å². The molecule has 1 fully saturated rings. The Kier molecular flexibility index (Phi) is 3.52. The van der Waals surface area contributed by atoms with E-state index in [9.17, 15) is 13.2 Å². The molecule has 1 aromatic carbocycles. The molecule has 18 heavy (non-hydrogen) atoms. The minimum absolute atomic E-state index is 0.0403. The number of rotatable bonds is 2. The van der Waals surface area contributed by atoms with Crippen molar-refractivity contribution in [1.82, 2.24) is 5.32 Å². The van der Waals surface area contributed by atoms with Gasteiger partial charge in [-0.15, -0.1) is 0 Å². The van der Waals surface area contributed by atoms with Crippen molar-refractivity contribution in [1.29, 1.82) is 0 Å². The number of nitrogens with one attached hydrogen (secondary N) is 1. The fourth-order valence-corrected chi connectivity index (χ4v) is 2.34. The molecule has 0 bridgehead atoms. The largest absolute Gasteiger partial charge is 0.416 e. The van der Waals surface area contributed by atoms with Gasteiger partial charge in [0.2, 0.25) is 0 Å². The summed E-state index contributed by atoms with van der Waals surface area (Å²) in [5, 5.41) is 3.12. The lowest BCUT2D eigenvalue weighted by Crippen LogP contribution is -2.16. The van der Waals surface area contributed by atoms with Crippen LogP contribution in [0.4, 0.5) is 18.9 Å². The van der Waals surface area contributed by atoms with Crippen molar-refractivity contribution in [2.24, 2.45) is 0 Å². The van der Waals surface area contributed by atoms with Crippen molar-refractivity contribution < 1.29 is 13.2 Å². The van der Waals surface area contributed by atoms with Crippen molar-refractivity contribution in [3.05, 3.63) is 29.3 Å². The van der Waals surface area contributed by atoms with Gasteiger partial charge in [-0.2, -0.15) is 13.2 Å². The maximum atomic E-state index is 13.0. The second-order valence-electron chi connectivity index (χ2n) is 4.85. The van der Waals surface area contributed by atoms with Crippen LogP contribution < -0.4 is 10.2 Å². The highest BCUT2D eigenvalue weighted by atomic mass is 19.4. The Morgan fingerprint density at radius 3 is 2.50 bits per heavy atom. The van der Waals surface area contributed by atoms with E-state index in [1.165, 1.54) is 12.1 Å². The Morgan fingerprint density at radius 2 is 2.00 bits per heavy atom. The van der Waals surface area contributed by atoms with Gasteiger partial charge in [-0.05, 0) is 42.6 Å². The third-order valence-electron chi connectivity index (χ3n) is 3.36. The first-order chi connectivity index (χ1) is 8.39. The lowest BCUT2D eigenvalue weighted by molar-refractivity contribution is -0.138. The third-order valence-corrected chi connectivity index (χ3v) is 3.36. The smallest absolute Gasteiger partial charge is 0.378 e. The maximum Gasteiger partial charge on any atom is 0.416 e. The standard InChI is InChI=1S/C13H17F3N2/c1-18(2)10-3-4-12(13(14,15)16)11(7-10)9-5-6-17-8-9/h3-4,7,9,17H,5-6,8H2,1-2H3. The zero-order valence-electron chi connectivity index (χ0n) is 10.5. The molecule has 1 atom stereocenters. The van der Waals surface area contributed by atoms with Crippen molar-refractivity contribution in [3.63, 3.8) is 0 Å². The number of alkyl halides is 3. The third kappa shape index (κ3) is 2.61. The Balaban J connectivity index is 2.46. The minimum atomic E-state index is -4.28. The van der Waals surface area contributed by atoms with Gasteiger partial charge in [0.25, 0.3) is 0 Å². The Hall–Kier alpha value is -1.23. The van der Waals surface area contributed by atoms with E-state index in [-0.39, 0.29) is 5.92 Å². The topological polar surface area (TPSA) is 15.3 Å². The predicted molar refractivity (Wildman–Crippen MR) is 66.0 cm³/mol. The molecule has 2 rings (SSSR count). The van der Waals surface area contributed by atoms with Crippen molar-refractivity contribution >= 4 is 5.69 Å². The molecule has 0 aliphatic carbocycles. The summed E-state index contributed by atoms with van der Waals surface area (Å²) in [5.74, 6) is -0.0403. The molecule has 2 nitrogen and oxygen atoms in total. The number of anilines is 1. The van der Waals surface area contributed by atoms with Gasteiger partial charge in [0, 0.05) is 26.3 Å². The zero-order valence-corrected chi connectivity index (χ0v) is 10.5. The van der Waals surface area contributed by atoms with Gasteiger partial charge < -0.3 is 10.2 Å². The summed E-state index contributed by atoms with van der Waals surface area (Å²) in [4.78, 5) is 1.83. The molecule has 0 amide bonds. The molecule has 1 heterocycles. The zero-order chi connectivity index (χ0) is 13.3. The first kappa shape index (κ1) is 13.2. The van der Waals surface area contributed by atoms with Crippen LogP contribution in [0.5, 0.6) is 0 Å². The minimum Gasteiger partial charge on any atom is -0.378 e. The summed E-state index contributed by atoms with van der Waals surface area (Å²) in [6.45, 7) is 1.41. The van der Waals surface area contributed by atoms with Crippen LogP contribution >= 0.6 is 0 Å². The summed E-state index contributed by atoms with van der Waals surface area (Å²) in [7, 11) is 3.67. The summed E-state index contributed by atoms with van der Waals surface area (Å²) in [6, 6.07) is 4.39. The average Bonchev–Trinajstić information content (AvgIpc) is 2.80. The van der Waals surface area contributed by atoms with E-state index in [2.05, 4.69) is 5.32 Å². The van der Waals surface area contributed by atoms with Crippen molar-refractivity contribution in [2.45, 2.75) is 18.5 Å². The van der Waals surface area contributed by atoms with Crippen molar-refractivity contribution in [2.75, 3.05) is 32.1 Å². The van der Waals surface area contributed by atoms with E-state index < -0.39 is 11.7 Å². The van der Waals surface area contributed by atoms with Crippen LogP contribution in [0.2, 0.25) is 0 Å². The predicted octanol–water partition coefficient (Wildman–Crippen LogP) is 2.85. The Labute approximate surface area is 105 Å². The average molecular weight is 258 g/mol. The molecule has 1 N–H and O–H groups in total. The molecule has 0 spiro atoms. The molecule has 1 aliphatic heterocycles. The maximum absolute atomic E-state index is 13.0. The first-order valence-corrected chi connectivity index (χ1v) is 5.99. The Morgan fingerprint density at radius 1 is 1.28 bits per heavy atom. The van der Waals surface area contributed by atoms with Gasteiger partial charge in [0.05, 0.1) is 5.56 Å². The molecule has 1 aromatic rings. The van der Waals surface area contributed by atoms with E-state index >= 15 is 0 Å². The van der Waals surface area contributed by atoms with Gasteiger partial charge in [-0.1, -0.05) is 0 Å². The van der Waals surface area contributed by atoms with Crippen LogP contribution in [-0.4, -0.2) is 27.2 Å². The fraction of sp³-hybridized carbons (Fsp3) is 0.538. The SMILES string of the molecule is CN(C)c1ccc(C(F)(F)F)c(C2CCNC2)c1. The highest BCUT2D eigenvalue weighted by molar-refractivity contribution is 5.52. The van der Waals surface area contributed by atoms with Crippen LogP contribution in [-0.2, 0) is 6.18 Å². The molecule has 5 heteroatoms. The Bertz CT molecular complexity index is 421. The molecular weight excluding hydrogens is 241 g/mol. The van der Waals surface area contributed by atoms with Crippen LogP contribution in [0.25, 0.3) is 0 Å². The first-order valence-electron chi connectivity index (χ1n) is 5.99. The number of halogens is 3. The lowest BCUT2D eigenvalue weighted by Gasteiger charge is -2.21. The number of hydrogen-bond acceptors (Lipinski definition) is 2. The number of hydrogen-bond donors (Lipinski definition) is 1. The molecule has 1 aliphatic rings. The van der Waals surface area contributed by atoms with Gasteiger partial charge in [-0.25, -0.2) is 0 Å². The number of nitrogens with zero attached hydrogens (tertiary/aromatic N) is 1. The summed E-state index contributed by atoms with van der Waals surface area (Å²) < 4.78 is 39.0. The van der Waals surface area contributed by atoms with Crippen LogP contribution in [0.1, 0.15) is 23.5 Å². The van der Waals surface area contributed by atoms with Gasteiger partial charge in [0.15, 0.2) is 0 Å². The van der Waals surface area contributed by atoms with Gasteiger partial charge >= 0.3 is 6.18 Å². The van der Waals surface area contributed by atoms with E-state index in [1.807, 2.05) is 19.0 Å². The summed E-state index contributed by atoms with van der Waals surface area (Å²) >= 11 is 0. The molecular formula is C13H17F3N2. The quantitative estimate of drug-likeness (QED) is 0.877. The second-order valence-corrected chi connectivity index (χ2v) is 4.85. The highest BCUT2D eigenvalue weighted by Gasteiger charge is 2.36. The molecule has 0 saturated carbocycles. The fourth-order valence-electron chi connectivity index (χ4n) is 2.34. The summed E-state index contributed by atoms with van der Waals surface area (Å²) in [5.41, 5.74) is 0.727. The molecule has 1 unspecified atom stereocenters. The molecule has 0 aromatic heterocycles.